The Hall–Kier alpha value is 0.170. The van der Waals surface area contributed by atoms with Gasteiger partial charge in [-0.05, 0) is 12.8 Å². The van der Waals surface area contributed by atoms with E-state index in [1.807, 2.05) is 0 Å². The fourth-order valence-electron chi connectivity index (χ4n) is 1.88. The maximum absolute atomic E-state index is 5.53. The first-order chi connectivity index (χ1) is 5.37. The van der Waals surface area contributed by atoms with Crippen LogP contribution >= 0.6 is 12.4 Å². The molecule has 2 fully saturated rings. The van der Waals surface area contributed by atoms with Gasteiger partial charge in [0.1, 0.15) is 0 Å². The van der Waals surface area contributed by atoms with Gasteiger partial charge < -0.3 is 10.5 Å². The molecule has 1 spiro atoms. The number of hydrogen-bond donors (Lipinski definition) is 1. The van der Waals surface area contributed by atoms with Crippen molar-refractivity contribution < 1.29 is 4.74 Å². The Morgan fingerprint density at radius 2 is 2.17 bits per heavy atom. The standard InChI is InChI=1S/C8H16N2O.ClH/c9-3-4-10-5-6-11-7-8(10)1-2-8;/h1-7,9H2;1H. The number of rotatable bonds is 2. The molecule has 0 aromatic carbocycles. The number of hydrogen-bond acceptors (Lipinski definition) is 3. The van der Waals surface area contributed by atoms with Gasteiger partial charge in [0.25, 0.3) is 0 Å². The van der Waals surface area contributed by atoms with E-state index in [-0.39, 0.29) is 12.4 Å². The molecule has 0 bridgehead atoms. The zero-order valence-corrected chi connectivity index (χ0v) is 8.11. The summed E-state index contributed by atoms with van der Waals surface area (Å²) in [6.45, 7) is 4.73. The highest BCUT2D eigenvalue weighted by molar-refractivity contribution is 5.85. The summed E-state index contributed by atoms with van der Waals surface area (Å²) in [6, 6.07) is 0. The predicted molar refractivity (Wildman–Crippen MR) is 50.7 cm³/mol. The molecule has 72 valence electrons. The molecular weight excluding hydrogens is 176 g/mol. The van der Waals surface area contributed by atoms with Crippen molar-refractivity contribution in [2.24, 2.45) is 5.73 Å². The molecule has 1 heterocycles. The van der Waals surface area contributed by atoms with E-state index in [0.717, 1.165) is 32.8 Å². The van der Waals surface area contributed by atoms with Gasteiger partial charge in [0, 0.05) is 25.2 Å². The van der Waals surface area contributed by atoms with Crippen LogP contribution in [-0.2, 0) is 4.74 Å². The Morgan fingerprint density at radius 1 is 1.42 bits per heavy atom. The molecule has 1 aliphatic heterocycles. The summed E-state index contributed by atoms with van der Waals surface area (Å²) >= 11 is 0. The van der Waals surface area contributed by atoms with Crippen LogP contribution in [0.4, 0.5) is 0 Å². The molecule has 1 aliphatic carbocycles. The average Bonchev–Trinajstić information content (AvgIpc) is 2.77. The minimum atomic E-state index is 0. The predicted octanol–water partition coefficient (Wildman–Crippen LogP) is 0.232. The van der Waals surface area contributed by atoms with Gasteiger partial charge in [-0.25, -0.2) is 0 Å². The minimum absolute atomic E-state index is 0. The summed E-state index contributed by atoms with van der Waals surface area (Å²) in [6.07, 6.45) is 2.62. The lowest BCUT2D eigenvalue weighted by Gasteiger charge is -2.35. The van der Waals surface area contributed by atoms with Crippen LogP contribution in [0.25, 0.3) is 0 Å². The molecule has 2 aliphatic rings. The van der Waals surface area contributed by atoms with E-state index >= 15 is 0 Å². The summed E-state index contributed by atoms with van der Waals surface area (Å²) in [5.74, 6) is 0. The van der Waals surface area contributed by atoms with E-state index in [2.05, 4.69) is 4.90 Å². The second kappa shape index (κ2) is 3.92. The summed E-state index contributed by atoms with van der Waals surface area (Å²) in [5, 5.41) is 0. The van der Waals surface area contributed by atoms with Crippen molar-refractivity contribution in [2.45, 2.75) is 18.4 Å². The van der Waals surface area contributed by atoms with Crippen LogP contribution in [0.3, 0.4) is 0 Å². The quantitative estimate of drug-likeness (QED) is 0.681. The first-order valence-electron chi connectivity index (χ1n) is 4.40. The molecule has 0 unspecified atom stereocenters. The van der Waals surface area contributed by atoms with Gasteiger partial charge in [0.15, 0.2) is 0 Å². The molecule has 12 heavy (non-hydrogen) atoms. The van der Waals surface area contributed by atoms with Gasteiger partial charge in [-0.15, -0.1) is 12.4 Å². The molecule has 2 rings (SSSR count). The summed E-state index contributed by atoms with van der Waals surface area (Å²) in [4.78, 5) is 2.50. The molecule has 0 amide bonds. The maximum Gasteiger partial charge on any atom is 0.0651 e. The van der Waals surface area contributed by atoms with Gasteiger partial charge >= 0.3 is 0 Å². The molecule has 3 nitrogen and oxygen atoms in total. The number of ether oxygens (including phenoxy) is 1. The molecular formula is C8H17ClN2O. The minimum Gasteiger partial charge on any atom is -0.378 e. The zero-order valence-electron chi connectivity index (χ0n) is 7.29. The number of halogens is 1. The molecule has 1 saturated carbocycles. The first kappa shape index (κ1) is 10.3. The largest absolute Gasteiger partial charge is 0.378 e. The van der Waals surface area contributed by atoms with E-state index in [1.54, 1.807) is 0 Å². The van der Waals surface area contributed by atoms with E-state index < -0.39 is 0 Å². The maximum atomic E-state index is 5.53. The fourth-order valence-corrected chi connectivity index (χ4v) is 1.88. The van der Waals surface area contributed by atoms with E-state index in [0.29, 0.717) is 5.54 Å². The summed E-state index contributed by atoms with van der Waals surface area (Å²) in [7, 11) is 0. The van der Waals surface area contributed by atoms with E-state index in [4.69, 9.17) is 10.5 Å². The van der Waals surface area contributed by atoms with Gasteiger partial charge in [-0.1, -0.05) is 0 Å². The Balaban J connectivity index is 0.000000720. The smallest absolute Gasteiger partial charge is 0.0651 e. The van der Waals surface area contributed by atoms with Gasteiger partial charge in [0.05, 0.1) is 13.2 Å². The molecule has 0 atom stereocenters. The van der Waals surface area contributed by atoms with Crippen molar-refractivity contribution in [2.75, 3.05) is 32.8 Å². The number of nitrogens with two attached hydrogens (primary N) is 1. The Labute approximate surface area is 79.6 Å². The third-order valence-corrected chi connectivity index (χ3v) is 2.77. The highest BCUT2D eigenvalue weighted by Crippen LogP contribution is 2.43. The van der Waals surface area contributed by atoms with Crippen molar-refractivity contribution in [3.05, 3.63) is 0 Å². The van der Waals surface area contributed by atoms with Crippen molar-refractivity contribution in [1.29, 1.82) is 0 Å². The highest BCUT2D eigenvalue weighted by atomic mass is 35.5. The second-order valence-corrected chi connectivity index (χ2v) is 3.55. The van der Waals surface area contributed by atoms with E-state index in [9.17, 15) is 0 Å². The van der Waals surface area contributed by atoms with Gasteiger partial charge in [0.2, 0.25) is 0 Å². The van der Waals surface area contributed by atoms with Crippen molar-refractivity contribution in [1.82, 2.24) is 4.90 Å². The molecule has 4 heteroatoms. The zero-order chi connectivity index (χ0) is 7.73. The molecule has 0 radical (unpaired) electrons. The topological polar surface area (TPSA) is 38.5 Å². The van der Waals surface area contributed by atoms with Crippen LogP contribution < -0.4 is 5.73 Å². The normalized spacial score (nSPS) is 26.8. The Bertz CT molecular complexity index is 148. The lowest BCUT2D eigenvalue weighted by Crippen LogP contribution is -2.49. The second-order valence-electron chi connectivity index (χ2n) is 3.55. The van der Waals surface area contributed by atoms with Crippen molar-refractivity contribution in [3.8, 4) is 0 Å². The number of nitrogens with zero attached hydrogens (tertiary/aromatic N) is 1. The highest BCUT2D eigenvalue weighted by Gasteiger charge is 2.49. The monoisotopic (exact) mass is 192 g/mol. The lowest BCUT2D eigenvalue weighted by atomic mass is 10.2. The molecule has 2 N–H and O–H groups in total. The van der Waals surface area contributed by atoms with Crippen LogP contribution in [0, 0.1) is 0 Å². The van der Waals surface area contributed by atoms with Crippen LogP contribution in [-0.4, -0.2) is 43.3 Å². The van der Waals surface area contributed by atoms with Crippen LogP contribution in [0.15, 0.2) is 0 Å². The fraction of sp³-hybridized carbons (Fsp3) is 1.00. The molecule has 1 saturated heterocycles. The van der Waals surface area contributed by atoms with E-state index in [1.165, 1.54) is 12.8 Å². The average molecular weight is 193 g/mol. The molecule has 0 aromatic heterocycles. The van der Waals surface area contributed by atoms with Crippen LogP contribution in [0.5, 0.6) is 0 Å². The number of morpholine rings is 1. The SMILES string of the molecule is Cl.NCCN1CCOCC12CC2. The third kappa shape index (κ3) is 1.74. The lowest BCUT2D eigenvalue weighted by molar-refractivity contribution is -0.0185. The van der Waals surface area contributed by atoms with Crippen LogP contribution in [0.1, 0.15) is 12.8 Å². The third-order valence-electron chi connectivity index (χ3n) is 2.77. The Morgan fingerprint density at radius 3 is 2.75 bits per heavy atom. The summed E-state index contributed by atoms with van der Waals surface area (Å²) in [5.41, 5.74) is 5.95. The van der Waals surface area contributed by atoms with Crippen LogP contribution in [0.2, 0.25) is 0 Å². The van der Waals surface area contributed by atoms with Crippen molar-refractivity contribution in [3.63, 3.8) is 0 Å². The van der Waals surface area contributed by atoms with Gasteiger partial charge in [-0.2, -0.15) is 0 Å². The first-order valence-corrected chi connectivity index (χ1v) is 4.40. The summed E-state index contributed by atoms with van der Waals surface area (Å²) < 4.78 is 5.44. The van der Waals surface area contributed by atoms with Crippen molar-refractivity contribution >= 4 is 12.4 Å². The molecule has 0 aromatic rings. The van der Waals surface area contributed by atoms with Gasteiger partial charge in [-0.3, -0.25) is 4.90 Å². The Kier molecular flexibility index (Phi) is 3.35.